The molecule has 1 aromatic rings. The lowest BCUT2D eigenvalue weighted by Gasteiger charge is -2.25. The quantitative estimate of drug-likeness (QED) is 0.617. The Balaban J connectivity index is 1.70. The highest BCUT2D eigenvalue weighted by molar-refractivity contribution is 7.07. The van der Waals surface area contributed by atoms with E-state index in [4.69, 9.17) is 0 Å². The highest BCUT2D eigenvalue weighted by Gasteiger charge is 2.28. The van der Waals surface area contributed by atoms with Crippen LogP contribution in [0.3, 0.4) is 0 Å². The number of hydrogen-bond donors (Lipinski definition) is 2. The molecule has 0 radical (unpaired) electrons. The Labute approximate surface area is 119 Å². The van der Waals surface area contributed by atoms with Gasteiger partial charge in [0.1, 0.15) is 0 Å². The van der Waals surface area contributed by atoms with Gasteiger partial charge < -0.3 is 10.6 Å². The first-order valence-electron chi connectivity index (χ1n) is 6.88. The summed E-state index contributed by atoms with van der Waals surface area (Å²) in [6.45, 7) is 4.02. The van der Waals surface area contributed by atoms with Crippen LogP contribution >= 0.6 is 11.3 Å². The number of nitrogens with zero attached hydrogens (tertiary/aromatic N) is 2. The average Bonchev–Trinajstić information content (AvgIpc) is 3.15. The van der Waals surface area contributed by atoms with Crippen LogP contribution in [0.2, 0.25) is 0 Å². The molecule has 0 amide bonds. The minimum absolute atomic E-state index is 0.534. The van der Waals surface area contributed by atoms with Gasteiger partial charge in [0.25, 0.3) is 0 Å². The van der Waals surface area contributed by atoms with Crippen LogP contribution in [0.25, 0.3) is 0 Å². The summed E-state index contributed by atoms with van der Waals surface area (Å²) >= 11 is 1.72. The molecule has 1 aliphatic carbocycles. The zero-order valence-corrected chi connectivity index (χ0v) is 12.8. The summed E-state index contributed by atoms with van der Waals surface area (Å²) < 4.78 is 0. The van der Waals surface area contributed by atoms with Gasteiger partial charge in [-0.25, -0.2) is 0 Å². The molecule has 2 N–H and O–H groups in total. The number of nitrogens with one attached hydrogen (secondary N) is 2. The number of guanidine groups is 1. The first kappa shape index (κ1) is 14.3. The van der Waals surface area contributed by atoms with E-state index in [1.807, 2.05) is 7.05 Å². The average molecular weight is 280 g/mol. The fourth-order valence-electron chi connectivity index (χ4n) is 2.03. The van der Waals surface area contributed by atoms with E-state index >= 15 is 0 Å². The molecular formula is C14H24N4S. The molecule has 1 aliphatic rings. The van der Waals surface area contributed by atoms with Crippen molar-refractivity contribution < 1.29 is 0 Å². The normalized spacial score (nSPS) is 17.6. The van der Waals surface area contributed by atoms with Gasteiger partial charge in [-0.3, -0.25) is 9.89 Å². The maximum Gasteiger partial charge on any atom is 0.191 e. The van der Waals surface area contributed by atoms with Crippen molar-refractivity contribution in [2.75, 3.05) is 20.6 Å². The maximum atomic E-state index is 4.26. The van der Waals surface area contributed by atoms with Crippen LogP contribution in [0.15, 0.2) is 21.8 Å². The van der Waals surface area contributed by atoms with Gasteiger partial charge in [0.05, 0.1) is 0 Å². The molecule has 0 saturated heterocycles. The molecule has 4 nitrogen and oxygen atoms in total. The molecule has 1 unspecified atom stereocenters. The molecule has 0 aromatic carbocycles. The van der Waals surface area contributed by atoms with Gasteiger partial charge in [-0.2, -0.15) is 11.3 Å². The Morgan fingerprint density at radius 2 is 2.32 bits per heavy atom. The Morgan fingerprint density at radius 3 is 2.89 bits per heavy atom. The number of hydrogen-bond acceptors (Lipinski definition) is 3. The van der Waals surface area contributed by atoms with Crippen molar-refractivity contribution in [1.82, 2.24) is 15.5 Å². The molecule has 0 bridgehead atoms. The zero-order valence-electron chi connectivity index (χ0n) is 12.0. The SMILES string of the molecule is CN=C(NCc1ccsc1)NCC(C)N(C)C1CC1. The van der Waals surface area contributed by atoms with Crippen molar-refractivity contribution in [3.8, 4) is 0 Å². The highest BCUT2D eigenvalue weighted by atomic mass is 32.1. The number of rotatable bonds is 6. The van der Waals surface area contributed by atoms with E-state index in [2.05, 4.69) is 51.3 Å². The van der Waals surface area contributed by atoms with E-state index in [0.717, 1.165) is 25.1 Å². The Kier molecular flexibility index (Phi) is 5.22. The summed E-state index contributed by atoms with van der Waals surface area (Å²) in [4.78, 5) is 6.72. The van der Waals surface area contributed by atoms with Gasteiger partial charge >= 0.3 is 0 Å². The van der Waals surface area contributed by atoms with Gasteiger partial charge in [-0.1, -0.05) is 0 Å². The van der Waals surface area contributed by atoms with Crippen molar-refractivity contribution >= 4 is 17.3 Å². The van der Waals surface area contributed by atoms with Crippen molar-refractivity contribution in [2.24, 2.45) is 4.99 Å². The largest absolute Gasteiger partial charge is 0.355 e. The summed E-state index contributed by atoms with van der Waals surface area (Å²) in [6, 6.07) is 3.47. The van der Waals surface area contributed by atoms with E-state index in [9.17, 15) is 0 Å². The molecule has 1 saturated carbocycles. The predicted molar refractivity (Wildman–Crippen MR) is 82.8 cm³/mol. The van der Waals surface area contributed by atoms with Gasteiger partial charge in [-0.05, 0) is 49.2 Å². The molecule has 5 heteroatoms. The molecular weight excluding hydrogens is 256 g/mol. The second-order valence-corrected chi connectivity index (χ2v) is 5.96. The fourth-order valence-corrected chi connectivity index (χ4v) is 2.70. The summed E-state index contributed by atoms with van der Waals surface area (Å²) in [5.41, 5.74) is 1.30. The van der Waals surface area contributed by atoms with E-state index in [0.29, 0.717) is 6.04 Å². The summed E-state index contributed by atoms with van der Waals surface area (Å²) in [5, 5.41) is 11.0. The smallest absolute Gasteiger partial charge is 0.191 e. The van der Waals surface area contributed by atoms with Crippen LogP contribution < -0.4 is 10.6 Å². The molecule has 1 fully saturated rings. The zero-order chi connectivity index (χ0) is 13.7. The van der Waals surface area contributed by atoms with Crippen molar-refractivity contribution in [2.45, 2.75) is 38.4 Å². The summed E-state index contributed by atoms with van der Waals surface area (Å²) in [7, 11) is 4.03. The number of likely N-dealkylation sites (N-methyl/N-ethyl adjacent to an activating group) is 1. The van der Waals surface area contributed by atoms with E-state index in [1.165, 1.54) is 18.4 Å². The van der Waals surface area contributed by atoms with Gasteiger partial charge in [0.2, 0.25) is 0 Å². The second-order valence-electron chi connectivity index (χ2n) is 5.18. The lowest BCUT2D eigenvalue weighted by atomic mass is 10.3. The lowest BCUT2D eigenvalue weighted by Crippen LogP contribution is -2.45. The predicted octanol–water partition coefficient (Wildman–Crippen LogP) is 1.90. The van der Waals surface area contributed by atoms with Gasteiger partial charge in [-0.15, -0.1) is 0 Å². The molecule has 0 spiro atoms. The van der Waals surface area contributed by atoms with E-state index in [1.54, 1.807) is 11.3 Å². The third-order valence-corrected chi connectivity index (χ3v) is 4.38. The van der Waals surface area contributed by atoms with Crippen LogP contribution in [0, 0.1) is 0 Å². The van der Waals surface area contributed by atoms with E-state index in [-0.39, 0.29) is 0 Å². The molecule has 2 rings (SSSR count). The Hall–Kier alpha value is -1.07. The van der Waals surface area contributed by atoms with Crippen molar-refractivity contribution in [1.29, 1.82) is 0 Å². The van der Waals surface area contributed by atoms with Crippen molar-refractivity contribution in [3.63, 3.8) is 0 Å². The van der Waals surface area contributed by atoms with E-state index < -0.39 is 0 Å². The minimum Gasteiger partial charge on any atom is -0.355 e. The number of thiophene rings is 1. The summed E-state index contributed by atoms with van der Waals surface area (Å²) in [5.74, 6) is 0.877. The third-order valence-electron chi connectivity index (χ3n) is 3.65. The molecule has 1 atom stereocenters. The first-order chi connectivity index (χ1) is 9.20. The first-order valence-corrected chi connectivity index (χ1v) is 7.82. The van der Waals surface area contributed by atoms with Crippen LogP contribution in [0.5, 0.6) is 0 Å². The van der Waals surface area contributed by atoms with Crippen LogP contribution in [-0.4, -0.2) is 43.6 Å². The molecule has 0 aliphatic heterocycles. The Morgan fingerprint density at radius 1 is 1.53 bits per heavy atom. The standard InChI is InChI=1S/C14H24N4S/c1-11(18(3)13-4-5-13)8-16-14(15-2)17-9-12-6-7-19-10-12/h6-7,10-11,13H,4-5,8-9H2,1-3H3,(H2,15,16,17). The third kappa shape index (κ3) is 4.51. The van der Waals surface area contributed by atoms with Crippen LogP contribution in [-0.2, 0) is 6.54 Å². The van der Waals surface area contributed by atoms with Crippen LogP contribution in [0.4, 0.5) is 0 Å². The molecule has 19 heavy (non-hydrogen) atoms. The summed E-state index contributed by atoms with van der Waals surface area (Å²) in [6.07, 6.45) is 2.71. The topological polar surface area (TPSA) is 39.7 Å². The second kappa shape index (κ2) is 6.91. The molecule has 1 aromatic heterocycles. The Bertz CT molecular complexity index is 398. The van der Waals surface area contributed by atoms with Gasteiger partial charge in [0, 0.05) is 32.2 Å². The lowest BCUT2D eigenvalue weighted by molar-refractivity contribution is 0.247. The van der Waals surface area contributed by atoms with Crippen LogP contribution in [0.1, 0.15) is 25.3 Å². The molecule has 1 heterocycles. The molecule has 106 valence electrons. The van der Waals surface area contributed by atoms with Crippen molar-refractivity contribution in [3.05, 3.63) is 22.4 Å². The van der Waals surface area contributed by atoms with Gasteiger partial charge in [0.15, 0.2) is 5.96 Å². The minimum atomic E-state index is 0.534. The monoisotopic (exact) mass is 280 g/mol. The highest BCUT2D eigenvalue weighted by Crippen LogP contribution is 2.26. The number of aliphatic imine (C=N–C) groups is 1. The fraction of sp³-hybridized carbons (Fsp3) is 0.643. The maximum absolute atomic E-state index is 4.26.